The second kappa shape index (κ2) is 5.01. The van der Waals surface area contributed by atoms with Gasteiger partial charge in [0, 0.05) is 23.6 Å². The van der Waals surface area contributed by atoms with Crippen LogP contribution >= 0.6 is 11.8 Å². The maximum Gasteiger partial charge on any atom is 0.0188 e. The van der Waals surface area contributed by atoms with Gasteiger partial charge in [-0.2, -0.15) is 11.8 Å². The van der Waals surface area contributed by atoms with E-state index in [2.05, 4.69) is 32.8 Å². The summed E-state index contributed by atoms with van der Waals surface area (Å²) in [5.41, 5.74) is 5.80. The Morgan fingerprint density at radius 1 is 1.36 bits per heavy atom. The number of nitrogens with zero attached hydrogens (tertiary/aromatic N) is 1. The number of nitrogens with two attached hydrogens (primary N) is 1. The van der Waals surface area contributed by atoms with Crippen LogP contribution in [0.5, 0.6) is 0 Å². The molecule has 0 aliphatic heterocycles. The summed E-state index contributed by atoms with van der Waals surface area (Å²) in [5, 5.41) is 0. The highest BCUT2D eigenvalue weighted by Crippen LogP contribution is 2.08. The lowest BCUT2D eigenvalue weighted by atomic mass is 10.1. The Morgan fingerprint density at radius 3 is 2.27 bits per heavy atom. The number of thioether (sulfide) groups is 1. The summed E-state index contributed by atoms with van der Waals surface area (Å²) in [6.07, 6.45) is 0. The first-order valence-electron chi connectivity index (χ1n) is 3.93. The lowest BCUT2D eigenvalue weighted by Gasteiger charge is -2.18. The second-order valence-corrected chi connectivity index (χ2v) is 4.95. The lowest BCUT2D eigenvalue weighted by molar-refractivity contribution is 0.437. The molecule has 2 nitrogen and oxygen atoms in total. The molecule has 0 aliphatic rings. The van der Waals surface area contributed by atoms with Crippen LogP contribution in [0.1, 0.15) is 13.8 Å². The average Bonchev–Trinajstić information content (AvgIpc) is 1.78. The van der Waals surface area contributed by atoms with Crippen LogP contribution in [0.4, 0.5) is 0 Å². The van der Waals surface area contributed by atoms with Crippen LogP contribution in [0, 0.1) is 0 Å². The van der Waals surface area contributed by atoms with Crippen LogP contribution < -0.4 is 5.73 Å². The Labute approximate surface area is 74.5 Å². The van der Waals surface area contributed by atoms with E-state index < -0.39 is 0 Å². The van der Waals surface area contributed by atoms with Crippen LogP contribution in [0.3, 0.4) is 0 Å². The van der Waals surface area contributed by atoms with E-state index in [-0.39, 0.29) is 5.54 Å². The van der Waals surface area contributed by atoms with Crippen molar-refractivity contribution in [3.63, 3.8) is 0 Å². The first-order chi connectivity index (χ1) is 4.92. The molecule has 0 aromatic carbocycles. The van der Waals surface area contributed by atoms with E-state index in [0.717, 1.165) is 12.3 Å². The Hall–Kier alpha value is 0.270. The molecule has 3 heteroatoms. The van der Waals surface area contributed by atoms with Gasteiger partial charge in [0.2, 0.25) is 0 Å². The van der Waals surface area contributed by atoms with E-state index in [1.165, 1.54) is 5.75 Å². The number of hydrogen-bond acceptors (Lipinski definition) is 3. The zero-order valence-corrected chi connectivity index (χ0v) is 8.87. The molecule has 2 N–H and O–H groups in total. The minimum Gasteiger partial charge on any atom is -0.325 e. The third-order valence-corrected chi connectivity index (χ3v) is 2.58. The van der Waals surface area contributed by atoms with E-state index in [9.17, 15) is 0 Å². The largest absolute Gasteiger partial charge is 0.325 e. The molecule has 0 amide bonds. The van der Waals surface area contributed by atoms with Gasteiger partial charge in [-0.25, -0.2) is 0 Å². The Balaban J connectivity index is 3.15. The molecule has 0 spiro atoms. The predicted octanol–water partition coefficient (Wildman–Crippen LogP) is 1.02. The summed E-state index contributed by atoms with van der Waals surface area (Å²) < 4.78 is 0. The van der Waals surface area contributed by atoms with Crippen molar-refractivity contribution in [1.82, 2.24) is 4.90 Å². The molecular formula is C8H20N2S. The maximum absolute atomic E-state index is 5.82. The molecule has 0 fully saturated rings. The monoisotopic (exact) mass is 176 g/mol. The quantitative estimate of drug-likeness (QED) is 0.634. The molecular weight excluding hydrogens is 156 g/mol. The topological polar surface area (TPSA) is 29.3 Å². The summed E-state index contributed by atoms with van der Waals surface area (Å²) in [4.78, 5) is 2.19. The summed E-state index contributed by atoms with van der Waals surface area (Å²) >= 11 is 1.92. The molecule has 0 saturated carbocycles. The Bertz CT molecular complexity index is 96.8. The highest BCUT2D eigenvalue weighted by Gasteiger charge is 2.09. The first-order valence-corrected chi connectivity index (χ1v) is 5.08. The molecule has 0 radical (unpaired) electrons. The summed E-state index contributed by atoms with van der Waals surface area (Å²) in [7, 11) is 4.18. The van der Waals surface area contributed by atoms with Gasteiger partial charge in [0.05, 0.1) is 0 Å². The van der Waals surface area contributed by atoms with Gasteiger partial charge >= 0.3 is 0 Å². The molecule has 0 heterocycles. The van der Waals surface area contributed by atoms with Gasteiger partial charge < -0.3 is 10.6 Å². The average molecular weight is 176 g/mol. The highest BCUT2D eigenvalue weighted by molar-refractivity contribution is 7.99. The predicted molar refractivity (Wildman–Crippen MR) is 54.1 cm³/mol. The van der Waals surface area contributed by atoms with Crippen LogP contribution in [0.25, 0.3) is 0 Å². The number of rotatable bonds is 5. The standard InChI is InChI=1S/C8H20N2S/c1-8(2,9)7-11-6-5-10(3)4/h5-7,9H2,1-4H3. The molecule has 0 bridgehead atoms. The molecule has 0 rings (SSSR count). The van der Waals surface area contributed by atoms with Crippen LogP contribution in [-0.2, 0) is 0 Å². The maximum atomic E-state index is 5.82. The molecule has 0 aromatic rings. The first kappa shape index (κ1) is 11.3. The molecule has 0 unspecified atom stereocenters. The smallest absolute Gasteiger partial charge is 0.0188 e. The van der Waals surface area contributed by atoms with Gasteiger partial charge in [-0.3, -0.25) is 0 Å². The molecule has 68 valence electrons. The van der Waals surface area contributed by atoms with Gasteiger partial charge in [0.25, 0.3) is 0 Å². The Morgan fingerprint density at radius 2 is 1.91 bits per heavy atom. The highest BCUT2D eigenvalue weighted by atomic mass is 32.2. The summed E-state index contributed by atoms with van der Waals surface area (Å²) in [6.45, 7) is 5.27. The zero-order valence-electron chi connectivity index (χ0n) is 8.05. The fraction of sp³-hybridized carbons (Fsp3) is 1.00. The minimum absolute atomic E-state index is 0.0169. The van der Waals surface area contributed by atoms with E-state index in [1.54, 1.807) is 0 Å². The third-order valence-electron chi connectivity index (χ3n) is 1.16. The zero-order chi connectivity index (χ0) is 8.91. The van der Waals surface area contributed by atoms with Crippen molar-refractivity contribution in [3.05, 3.63) is 0 Å². The molecule has 11 heavy (non-hydrogen) atoms. The van der Waals surface area contributed by atoms with Crippen molar-refractivity contribution in [2.45, 2.75) is 19.4 Å². The lowest BCUT2D eigenvalue weighted by Crippen LogP contribution is -2.35. The van der Waals surface area contributed by atoms with Crippen molar-refractivity contribution in [2.75, 3.05) is 32.1 Å². The van der Waals surface area contributed by atoms with Crippen molar-refractivity contribution in [3.8, 4) is 0 Å². The van der Waals surface area contributed by atoms with Gasteiger partial charge in [-0.1, -0.05) is 0 Å². The van der Waals surface area contributed by atoms with Gasteiger partial charge in [0.1, 0.15) is 0 Å². The van der Waals surface area contributed by atoms with Crippen molar-refractivity contribution < 1.29 is 0 Å². The van der Waals surface area contributed by atoms with Gasteiger partial charge in [0.15, 0.2) is 0 Å². The summed E-state index contributed by atoms with van der Waals surface area (Å²) in [6, 6.07) is 0. The fourth-order valence-electron chi connectivity index (χ4n) is 0.582. The van der Waals surface area contributed by atoms with Crippen molar-refractivity contribution >= 4 is 11.8 Å². The SMILES string of the molecule is CN(C)CCSCC(C)(C)N. The number of hydrogen-bond donors (Lipinski definition) is 1. The van der Waals surface area contributed by atoms with Crippen LogP contribution in [0.15, 0.2) is 0 Å². The molecule has 0 aliphatic carbocycles. The van der Waals surface area contributed by atoms with E-state index in [1.807, 2.05) is 11.8 Å². The van der Waals surface area contributed by atoms with Gasteiger partial charge in [-0.15, -0.1) is 0 Å². The Kier molecular flexibility index (Phi) is 5.13. The minimum atomic E-state index is -0.0169. The van der Waals surface area contributed by atoms with E-state index in [0.29, 0.717) is 0 Å². The molecule has 0 saturated heterocycles. The third kappa shape index (κ3) is 10.3. The van der Waals surface area contributed by atoms with Gasteiger partial charge in [-0.05, 0) is 27.9 Å². The van der Waals surface area contributed by atoms with Crippen LogP contribution in [-0.4, -0.2) is 42.6 Å². The van der Waals surface area contributed by atoms with Crippen molar-refractivity contribution in [2.24, 2.45) is 5.73 Å². The van der Waals surface area contributed by atoms with Crippen molar-refractivity contribution in [1.29, 1.82) is 0 Å². The van der Waals surface area contributed by atoms with E-state index in [4.69, 9.17) is 5.73 Å². The van der Waals surface area contributed by atoms with Crippen LogP contribution in [0.2, 0.25) is 0 Å². The molecule has 0 aromatic heterocycles. The summed E-state index contributed by atoms with van der Waals surface area (Å²) in [5.74, 6) is 2.22. The normalized spacial score (nSPS) is 12.5. The molecule has 0 atom stereocenters. The fourth-order valence-corrected chi connectivity index (χ4v) is 1.75. The second-order valence-electron chi connectivity index (χ2n) is 3.84. The van der Waals surface area contributed by atoms with E-state index >= 15 is 0 Å².